The molecular weight excluding hydrogens is 600 g/mol. The van der Waals surface area contributed by atoms with Crippen molar-refractivity contribution >= 4 is 68.7 Å². The number of thioether (sulfide) groups is 1. The Morgan fingerprint density at radius 3 is 2.74 bits per heavy atom. The number of hydrogen-bond donors (Lipinski definition) is 4. The summed E-state index contributed by atoms with van der Waals surface area (Å²) in [5, 5.41) is 20.5. The van der Waals surface area contributed by atoms with Gasteiger partial charge in [0.25, 0.3) is 17.7 Å². The first-order valence-electron chi connectivity index (χ1n) is 13.0. The second kappa shape index (κ2) is 12.2. The van der Waals surface area contributed by atoms with Crippen LogP contribution in [0.4, 0.5) is 5.13 Å². The van der Waals surface area contributed by atoms with Crippen LogP contribution in [0.1, 0.15) is 30.0 Å². The van der Waals surface area contributed by atoms with Crippen molar-refractivity contribution in [3.8, 4) is 0 Å². The largest absolute Gasteiger partial charge is 0.477 e. The van der Waals surface area contributed by atoms with Crippen LogP contribution < -0.4 is 21.8 Å². The number of carboxylic acid groups (broad SMARTS) is 1. The predicted octanol–water partition coefficient (Wildman–Crippen LogP) is 0.364. The number of fused-ring (bicyclic) bond motifs is 2. The minimum Gasteiger partial charge on any atom is -0.477 e. The number of aliphatic carboxylic acids is 1. The van der Waals surface area contributed by atoms with Crippen molar-refractivity contribution in [3.05, 3.63) is 62.7 Å². The Hall–Kier alpha value is -4.77. The first kappa shape index (κ1) is 29.7. The highest BCUT2D eigenvalue weighted by Crippen LogP contribution is 2.40. The van der Waals surface area contributed by atoms with Crippen LogP contribution in [-0.2, 0) is 25.8 Å². The van der Waals surface area contributed by atoms with Gasteiger partial charge in [-0.1, -0.05) is 5.16 Å². The number of hydrogen-bond acceptors (Lipinski definition) is 12. The van der Waals surface area contributed by atoms with E-state index >= 15 is 0 Å². The summed E-state index contributed by atoms with van der Waals surface area (Å²) in [7, 11) is 0. The predicted molar refractivity (Wildman–Crippen MR) is 158 cm³/mol. The quantitative estimate of drug-likeness (QED) is 0.137. The molecule has 0 aliphatic carbocycles. The minimum atomic E-state index is -1.36. The molecular formula is C26H26N8O7S2. The molecule has 0 saturated carbocycles. The van der Waals surface area contributed by atoms with Gasteiger partial charge in [0.1, 0.15) is 40.8 Å². The van der Waals surface area contributed by atoms with Crippen molar-refractivity contribution in [3.63, 3.8) is 0 Å². The number of amides is 3. The molecule has 5 heterocycles. The molecule has 5 rings (SSSR count). The standard InChI is InChI=1S/C26H26N8O7S2/c1-3-33-15(8-16(35)13-6-5-7-28-20(13)33)21(36)29-9-12-10-42-24-18(23(38)34(24)19(12)25(39)40)31-22(37)17(32-41-4-2)14-11-43-26(27)30-14/h5-8,11,18,24H,3-4,9-10H2,1-2H3,(H2,27,30)(H,29,36)(H,31,37)(H,39,40)/b32-17-/t18?,24-/m1/s1. The van der Waals surface area contributed by atoms with Crippen LogP contribution in [0.5, 0.6) is 0 Å². The lowest BCUT2D eigenvalue weighted by atomic mass is 10.0. The average Bonchev–Trinajstić information content (AvgIpc) is 3.43. The van der Waals surface area contributed by atoms with Crippen LogP contribution in [0.3, 0.4) is 0 Å². The lowest BCUT2D eigenvalue weighted by Gasteiger charge is -2.49. The first-order valence-corrected chi connectivity index (χ1v) is 15.0. The Bertz CT molecular complexity index is 1770. The smallest absolute Gasteiger partial charge is 0.352 e. The molecule has 3 aromatic heterocycles. The fraction of sp³-hybridized carbons (Fsp3) is 0.308. The molecule has 1 unspecified atom stereocenters. The third kappa shape index (κ3) is 5.55. The van der Waals surface area contributed by atoms with E-state index in [0.29, 0.717) is 23.2 Å². The Morgan fingerprint density at radius 1 is 1.28 bits per heavy atom. The summed E-state index contributed by atoms with van der Waals surface area (Å²) in [5.74, 6) is -3.17. The number of nitrogen functional groups attached to an aromatic ring is 1. The molecule has 3 aromatic rings. The summed E-state index contributed by atoms with van der Waals surface area (Å²) in [5.41, 5.74) is 5.76. The van der Waals surface area contributed by atoms with Gasteiger partial charge in [-0.15, -0.1) is 23.1 Å². The lowest BCUT2D eigenvalue weighted by molar-refractivity contribution is -0.150. The summed E-state index contributed by atoms with van der Waals surface area (Å²) >= 11 is 2.34. The number of carbonyl (C=O) groups is 4. The summed E-state index contributed by atoms with van der Waals surface area (Å²) < 4.78 is 1.60. The van der Waals surface area contributed by atoms with Gasteiger partial charge in [0, 0.05) is 36.5 Å². The van der Waals surface area contributed by atoms with E-state index in [1.54, 1.807) is 30.5 Å². The van der Waals surface area contributed by atoms with Crippen LogP contribution in [0, 0.1) is 0 Å². The Labute approximate surface area is 251 Å². The first-order chi connectivity index (χ1) is 20.7. The molecule has 0 bridgehead atoms. The van der Waals surface area contributed by atoms with Crippen LogP contribution >= 0.6 is 23.1 Å². The number of pyridine rings is 2. The molecule has 17 heteroatoms. The molecule has 2 aliphatic heterocycles. The zero-order valence-electron chi connectivity index (χ0n) is 22.9. The number of oxime groups is 1. The van der Waals surface area contributed by atoms with Gasteiger partial charge in [0.05, 0.1) is 5.39 Å². The molecule has 224 valence electrons. The van der Waals surface area contributed by atoms with Crippen LogP contribution in [0.15, 0.2) is 51.0 Å². The number of nitrogens with one attached hydrogen (secondary N) is 2. The number of carbonyl (C=O) groups excluding carboxylic acids is 3. The van der Waals surface area contributed by atoms with Crippen LogP contribution in [0.25, 0.3) is 11.0 Å². The van der Waals surface area contributed by atoms with E-state index in [0.717, 1.165) is 16.2 Å². The van der Waals surface area contributed by atoms with Crippen molar-refractivity contribution in [1.29, 1.82) is 0 Å². The second-order valence-corrected chi connectivity index (χ2v) is 11.2. The highest BCUT2D eigenvalue weighted by Gasteiger charge is 2.54. The van der Waals surface area contributed by atoms with Crippen molar-refractivity contribution < 1.29 is 29.1 Å². The van der Waals surface area contributed by atoms with E-state index in [2.05, 4.69) is 25.8 Å². The molecule has 0 radical (unpaired) electrons. The van der Waals surface area contributed by atoms with Crippen molar-refractivity contribution in [1.82, 2.24) is 30.1 Å². The van der Waals surface area contributed by atoms with E-state index in [1.807, 2.05) is 0 Å². The van der Waals surface area contributed by atoms with E-state index in [4.69, 9.17) is 10.6 Å². The van der Waals surface area contributed by atoms with E-state index in [9.17, 15) is 29.1 Å². The fourth-order valence-corrected chi connectivity index (χ4v) is 6.64. The number of rotatable bonds is 10. The summed E-state index contributed by atoms with van der Waals surface area (Å²) in [6, 6.07) is 3.44. The number of nitrogens with zero attached hydrogens (tertiary/aromatic N) is 5. The summed E-state index contributed by atoms with van der Waals surface area (Å²) in [6.07, 6.45) is 1.52. The number of thiazole rings is 1. The number of β-lactam (4-membered cyclic amide) rings is 1. The SMILES string of the molecule is CCO/N=C(\C(=O)NC1C(=O)N2C(C(=O)O)=C(CNC(=O)c3cc(=O)c4cccnc4n3CC)CS[C@H]12)c1csc(N)n1. The lowest BCUT2D eigenvalue weighted by Crippen LogP contribution is -2.71. The maximum Gasteiger partial charge on any atom is 0.352 e. The van der Waals surface area contributed by atoms with Crippen LogP contribution in [0.2, 0.25) is 0 Å². The Balaban J connectivity index is 1.33. The number of aromatic nitrogens is 3. The molecule has 5 N–H and O–H groups in total. The summed E-state index contributed by atoms with van der Waals surface area (Å²) in [6.45, 7) is 3.85. The number of anilines is 1. The zero-order valence-corrected chi connectivity index (χ0v) is 24.5. The van der Waals surface area contributed by atoms with E-state index in [-0.39, 0.29) is 52.3 Å². The molecule has 1 saturated heterocycles. The third-order valence-corrected chi connectivity index (χ3v) is 8.69. The van der Waals surface area contributed by atoms with E-state index in [1.165, 1.54) is 29.4 Å². The molecule has 15 nitrogen and oxygen atoms in total. The molecule has 0 spiro atoms. The molecule has 3 amide bonds. The highest BCUT2D eigenvalue weighted by molar-refractivity contribution is 8.00. The normalized spacial score (nSPS) is 18.2. The molecule has 2 atom stereocenters. The monoisotopic (exact) mass is 626 g/mol. The summed E-state index contributed by atoms with van der Waals surface area (Å²) in [4.78, 5) is 78.6. The van der Waals surface area contributed by atoms with Gasteiger partial charge in [-0.3, -0.25) is 24.1 Å². The average molecular weight is 627 g/mol. The topological polar surface area (TPSA) is 211 Å². The number of aryl methyl sites for hydroxylation is 1. The maximum atomic E-state index is 13.2. The third-order valence-electron chi connectivity index (χ3n) is 6.68. The number of carboxylic acids is 1. The van der Waals surface area contributed by atoms with Gasteiger partial charge in [0.15, 0.2) is 16.3 Å². The van der Waals surface area contributed by atoms with Gasteiger partial charge in [-0.25, -0.2) is 14.8 Å². The molecule has 43 heavy (non-hydrogen) atoms. The second-order valence-electron chi connectivity index (χ2n) is 9.24. The van der Waals surface area contributed by atoms with Gasteiger partial charge in [-0.2, -0.15) is 0 Å². The van der Waals surface area contributed by atoms with Crippen molar-refractivity contribution in [2.45, 2.75) is 31.8 Å². The molecule has 0 aromatic carbocycles. The van der Waals surface area contributed by atoms with Gasteiger partial charge in [-0.05, 0) is 31.6 Å². The zero-order chi connectivity index (χ0) is 30.8. The highest BCUT2D eigenvalue weighted by atomic mass is 32.2. The van der Waals surface area contributed by atoms with Crippen LogP contribution in [-0.4, -0.2) is 84.3 Å². The van der Waals surface area contributed by atoms with Crippen molar-refractivity contribution in [2.75, 3.05) is 24.6 Å². The van der Waals surface area contributed by atoms with Crippen molar-refractivity contribution in [2.24, 2.45) is 5.16 Å². The van der Waals surface area contributed by atoms with Gasteiger partial charge >= 0.3 is 5.97 Å². The fourth-order valence-electron chi connectivity index (χ4n) is 4.74. The maximum absolute atomic E-state index is 13.2. The minimum absolute atomic E-state index is 0.0757. The van der Waals surface area contributed by atoms with Gasteiger partial charge in [0.2, 0.25) is 0 Å². The Kier molecular flexibility index (Phi) is 8.45. The Morgan fingerprint density at radius 2 is 2.07 bits per heavy atom. The number of nitrogens with two attached hydrogens (primary N) is 1. The van der Waals surface area contributed by atoms with Gasteiger partial charge < -0.3 is 30.9 Å². The molecule has 2 aliphatic rings. The molecule has 1 fully saturated rings. The van der Waals surface area contributed by atoms with E-state index < -0.39 is 35.1 Å².